The zero-order chi connectivity index (χ0) is 9.26. The van der Waals surface area contributed by atoms with Crippen molar-refractivity contribution >= 4 is 23.7 Å². The number of para-hydroxylation sites is 1. The lowest BCUT2D eigenvalue weighted by Gasteiger charge is -1.89. The normalized spacial score (nSPS) is 10.5. The Morgan fingerprint density at radius 1 is 1.54 bits per heavy atom. The predicted octanol–water partition coefficient (Wildman–Crippen LogP) is 2.58. The van der Waals surface area contributed by atoms with Crippen LogP contribution in [0.2, 0.25) is 0 Å². The summed E-state index contributed by atoms with van der Waals surface area (Å²) in [5.41, 5.74) is 1.96. The first kappa shape index (κ1) is 8.38. The van der Waals surface area contributed by atoms with Gasteiger partial charge in [-0.05, 0) is 12.1 Å². The van der Waals surface area contributed by atoms with Gasteiger partial charge in [-0.15, -0.1) is 19.2 Å². The molecular weight excluding hydrogens is 180 g/mol. The molecule has 1 aromatic carbocycles. The van der Waals surface area contributed by atoms with E-state index in [0.29, 0.717) is 0 Å². The summed E-state index contributed by atoms with van der Waals surface area (Å²) in [6, 6.07) is 5.89. The van der Waals surface area contributed by atoms with Crippen molar-refractivity contribution in [3.05, 3.63) is 36.7 Å². The first-order chi connectivity index (χ1) is 6.31. The van der Waals surface area contributed by atoms with Gasteiger partial charge in [-0.1, -0.05) is 12.1 Å². The summed E-state index contributed by atoms with van der Waals surface area (Å²) in [6.45, 7) is 3.67. The minimum atomic E-state index is 0.766. The van der Waals surface area contributed by atoms with Crippen LogP contribution in [0.1, 0.15) is 5.82 Å². The Morgan fingerprint density at radius 2 is 2.38 bits per heavy atom. The minimum Gasteiger partial charge on any atom is -0.342 e. The quantitative estimate of drug-likeness (QED) is 0.553. The van der Waals surface area contributed by atoms with Crippen molar-refractivity contribution in [1.29, 1.82) is 0 Å². The van der Waals surface area contributed by atoms with E-state index >= 15 is 0 Å². The first-order valence-corrected chi connectivity index (χ1v) is 4.53. The van der Waals surface area contributed by atoms with E-state index in [1.54, 1.807) is 0 Å². The third-order valence-corrected chi connectivity index (χ3v) is 2.24. The molecule has 2 aromatic rings. The molecule has 1 N–H and O–H groups in total. The molecule has 66 valence electrons. The molecule has 1 heterocycles. The Morgan fingerprint density at radius 3 is 3.08 bits per heavy atom. The average Bonchev–Trinajstić information content (AvgIpc) is 2.49. The van der Waals surface area contributed by atoms with Crippen molar-refractivity contribution in [2.24, 2.45) is 0 Å². The number of hydrogen-bond donors (Lipinski definition) is 2. The Labute approximate surface area is 82.1 Å². The Bertz CT molecular complexity index is 445. The number of thiol groups is 1. The van der Waals surface area contributed by atoms with Crippen LogP contribution < -0.4 is 0 Å². The number of rotatable bonds is 2. The van der Waals surface area contributed by atoms with Crippen molar-refractivity contribution in [3.8, 4) is 0 Å². The van der Waals surface area contributed by atoms with Crippen LogP contribution in [-0.2, 0) is 6.42 Å². The topological polar surface area (TPSA) is 28.7 Å². The van der Waals surface area contributed by atoms with Gasteiger partial charge in [0.1, 0.15) is 11.3 Å². The molecule has 0 aliphatic rings. The van der Waals surface area contributed by atoms with E-state index in [1.165, 1.54) is 0 Å². The predicted molar refractivity (Wildman–Crippen MR) is 57.2 cm³/mol. The molecule has 0 amide bonds. The number of aromatic amines is 1. The summed E-state index contributed by atoms with van der Waals surface area (Å²) in [5, 5.41) is 0. The van der Waals surface area contributed by atoms with E-state index in [2.05, 4.69) is 29.2 Å². The van der Waals surface area contributed by atoms with Gasteiger partial charge in [0.2, 0.25) is 0 Å². The zero-order valence-electron chi connectivity index (χ0n) is 7.12. The van der Waals surface area contributed by atoms with E-state index in [1.807, 2.05) is 24.3 Å². The number of nitrogens with zero attached hydrogens (tertiary/aromatic N) is 1. The molecule has 0 unspecified atom stereocenters. The van der Waals surface area contributed by atoms with E-state index in [4.69, 9.17) is 0 Å². The van der Waals surface area contributed by atoms with Crippen molar-refractivity contribution in [3.63, 3.8) is 0 Å². The first-order valence-electron chi connectivity index (χ1n) is 4.08. The zero-order valence-corrected chi connectivity index (χ0v) is 8.01. The summed E-state index contributed by atoms with van der Waals surface area (Å²) in [5.74, 6) is 0.937. The van der Waals surface area contributed by atoms with E-state index in [-0.39, 0.29) is 0 Å². The molecule has 0 saturated carbocycles. The number of H-pyrrole nitrogens is 1. The highest BCUT2D eigenvalue weighted by molar-refractivity contribution is 7.80. The molecule has 0 saturated heterocycles. The van der Waals surface area contributed by atoms with Crippen molar-refractivity contribution in [2.45, 2.75) is 11.3 Å². The third-order valence-electron chi connectivity index (χ3n) is 1.88. The molecule has 0 atom stereocenters. The van der Waals surface area contributed by atoms with Crippen LogP contribution in [0.5, 0.6) is 0 Å². The molecule has 0 spiro atoms. The third kappa shape index (κ3) is 1.47. The molecule has 2 rings (SSSR count). The highest BCUT2D eigenvalue weighted by atomic mass is 32.1. The van der Waals surface area contributed by atoms with Gasteiger partial charge in [-0.2, -0.15) is 0 Å². The van der Waals surface area contributed by atoms with Crippen molar-refractivity contribution in [1.82, 2.24) is 9.97 Å². The molecule has 3 heteroatoms. The monoisotopic (exact) mass is 190 g/mol. The summed E-state index contributed by atoms with van der Waals surface area (Å²) in [7, 11) is 0. The molecule has 0 fully saturated rings. The highest BCUT2D eigenvalue weighted by Gasteiger charge is 2.02. The van der Waals surface area contributed by atoms with Gasteiger partial charge in [0.25, 0.3) is 0 Å². The second-order valence-electron chi connectivity index (χ2n) is 2.85. The van der Waals surface area contributed by atoms with Crippen LogP contribution >= 0.6 is 12.6 Å². The van der Waals surface area contributed by atoms with Crippen molar-refractivity contribution < 1.29 is 0 Å². The molecule has 13 heavy (non-hydrogen) atoms. The number of hydrogen-bond acceptors (Lipinski definition) is 2. The number of allylic oxidation sites excluding steroid dienone is 1. The van der Waals surface area contributed by atoms with Gasteiger partial charge in [0, 0.05) is 11.3 Å². The van der Waals surface area contributed by atoms with E-state index in [0.717, 1.165) is 28.2 Å². The van der Waals surface area contributed by atoms with Crippen LogP contribution in [-0.4, -0.2) is 9.97 Å². The number of aromatic nitrogens is 2. The number of fused-ring (bicyclic) bond motifs is 1. The van der Waals surface area contributed by atoms with Crippen LogP contribution in [0.3, 0.4) is 0 Å². The molecule has 0 bridgehead atoms. The Kier molecular flexibility index (Phi) is 2.10. The molecule has 0 aliphatic carbocycles. The van der Waals surface area contributed by atoms with Gasteiger partial charge < -0.3 is 4.98 Å². The fourth-order valence-electron chi connectivity index (χ4n) is 1.30. The Balaban J connectivity index is 2.61. The smallest absolute Gasteiger partial charge is 0.111 e. The standard InChI is InChI=1S/C10H10N2S/c1-2-4-9-11-7-5-3-6-8(13)10(7)12-9/h2-3,5-6,13H,1,4H2,(H,11,12). The maximum absolute atomic E-state index is 4.40. The lowest BCUT2D eigenvalue weighted by Crippen LogP contribution is -1.81. The van der Waals surface area contributed by atoms with Crippen LogP contribution in [0.4, 0.5) is 0 Å². The Hall–Kier alpha value is -1.22. The molecule has 0 radical (unpaired) electrons. The van der Waals surface area contributed by atoms with Crippen LogP contribution in [0.25, 0.3) is 11.0 Å². The van der Waals surface area contributed by atoms with Gasteiger partial charge in [-0.25, -0.2) is 4.98 Å². The highest BCUT2D eigenvalue weighted by Crippen LogP contribution is 2.19. The maximum atomic E-state index is 4.40. The number of imidazole rings is 1. The maximum Gasteiger partial charge on any atom is 0.111 e. The fraction of sp³-hybridized carbons (Fsp3) is 0.100. The molecule has 2 nitrogen and oxygen atoms in total. The fourth-order valence-corrected chi connectivity index (χ4v) is 1.56. The largest absolute Gasteiger partial charge is 0.342 e. The minimum absolute atomic E-state index is 0.766. The average molecular weight is 190 g/mol. The lowest BCUT2D eigenvalue weighted by atomic mass is 10.3. The summed E-state index contributed by atoms with van der Waals surface area (Å²) in [4.78, 5) is 8.51. The number of benzene rings is 1. The summed E-state index contributed by atoms with van der Waals surface area (Å²) >= 11 is 4.32. The SMILES string of the molecule is C=CCc1nc2c(S)cccc2[nH]1. The second-order valence-corrected chi connectivity index (χ2v) is 3.33. The molecule has 1 aromatic heterocycles. The van der Waals surface area contributed by atoms with Crippen LogP contribution in [0, 0.1) is 0 Å². The summed E-state index contributed by atoms with van der Waals surface area (Å²) in [6.07, 6.45) is 2.60. The van der Waals surface area contributed by atoms with Crippen LogP contribution in [0.15, 0.2) is 35.7 Å². The number of nitrogens with one attached hydrogen (secondary N) is 1. The van der Waals surface area contributed by atoms with Gasteiger partial charge in [-0.3, -0.25) is 0 Å². The summed E-state index contributed by atoms with van der Waals surface area (Å²) < 4.78 is 0. The molecular formula is C10H10N2S. The van der Waals surface area contributed by atoms with Crippen molar-refractivity contribution in [2.75, 3.05) is 0 Å². The van der Waals surface area contributed by atoms with Gasteiger partial charge >= 0.3 is 0 Å². The molecule has 0 aliphatic heterocycles. The second kappa shape index (κ2) is 3.26. The van der Waals surface area contributed by atoms with Gasteiger partial charge in [0.05, 0.1) is 5.52 Å². The lowest BCUT2D eigenvalue weighted by molar-refractivity contribution is 1.07. The van der Waals surface area contributed by atoms with E-state index < -0.39 is 0 Å². The van der Waals surface area contributed by atoms with E-state index in [9.17, 15) is 0 Å². The van der Waals surface area contributed by atoms with Gasteiger partial charge in [0.15, 0.2) is 0 Å².